The molecule has 0 saturated carbocycles. The standard InChI is InChI=1S/C12H16NO2/c14-10-12-3-1-11(2-4-12)9-13-5-7-15-8-6-13/h1-4H,5-10H2. The van der Waals surface area contributed by atoms with Crippen molar-refractivity contribution in [3.05, 3.63) is 35.4 Å². The van der Waals surface area contributed by atoms with Gasteiger partial charge in [-0.2, -0.15) is 0 Å². The van der Waals surface area contributed by atoms with Gasteiger partial charge < -0.3 is 4.74 Å². The Labute approximate surface area is 90.3 Å². The molecule has 1 radical (unpaired) electrons. The van der Waals surface area contributed by atoms with Crippen LogP contribution < -0.4 is 0 Å². The number of hydrogen-bond donors (Lipinski definition) is 0. The molecule has 1 saturated heterocycles. The molecule has 1 fully saturated rings. The third kappa shape index (κ3) is 3.02. The third-order valence-electron chi connectivity index (χ3n) is 2.70. The second-order valence-electron chi connectivity index (χ2n) is 3.85. The van der Waals surface area contributed by atoms with E-state index in [9.17, 15) is 5.11 Å². The minimum absolute atomic E-state index is 0.127. The molecule has 0 unspecified atom stereocenters. The Hall–Kier alpha value is -0.900. The van der Waals surface area contributed by atoms with E-state index in [0.717, 1.165) is 38.4 Å². The number of benzene rings is 1. The molecule has 1 aliphatic heterocycles. The number of ether oxygens (including phenoxy) is 1. The number of nitrogens with zero attached hydrogens (tertiary/aromatic N) is 1. The maximum Gasteiger partial charge on any atom is 0.107 e. The molecular weight excluding hydrogens is 190 g/mol. The topological polar surface area (TPSA) is 32.4 Å². The molecule has 1 heterocycles. The van der Waals surface area contributed by atoms with Gasteiger partial charge in [0.05, 0.1) is 13.2 Å². The fraction of sp³-hybridized carbons (Fsp3) is 0.500. The Morgan fingerprint density at radius 2 is 1.67 bits per heavy atom. The lowest BCUT2D eigenvalue weighted by Gasteiger charge is -2.26. The molecule has 0 bridgehead atoms. The highest BCUT2D eigenvalue weighted by atomic mass is 16.5. The van der Waals surface area contributed by atoms with Crippen LogP contribution in [0.15, 0.2) is 24.3 Å². The summed E-state index contributed by atoms with van der Waals surface area (Å²) in [4.78, 5) is 2.37. The Morgan fingerprint density at radius 3 is 2.27 bits per heavy atom. The van der Waals surface area contributed by atoms with Gasteiger partial charge in [0.25, 0.3) is 0 Å². The molecule has 2 rings (SSSR count). The molecule has 0 N–H and O–H groups in total. The van der Waals surface area contributed by atoms with Crippen LogP contribution in [-0.4, -0.2) is 31.2 Å². The van der Waals surface area contributed by atoms with Crippen molar-refractivity contribution in [2.75, 3.05) is 26.3 Å². The zero-order valence-corrected chi connectivity index (χ0v) is 8.82. The first-order valence-corrected chi connectivity index (χ1v) is 5.34. The Bertz CT molecular complexity index is 291. The van der Waals surface area contributed by atoms with E-state index in [1.807, 2.05) is 24.3 Å². The van der Waals surface area contributed by atoms with E-state index < -0.39 is 0 Å². The van der Waals surface area contributed by atoms with Gasteiger partial charge in [-0.05, 0) is 11.1 Å². The first kappa shape index (κ1) is 10.6. The normalized spacial score (nSPS) is 17.9. The molecule has 0 atom stereocenters. The molecule has 3 heteroatoms. The van der Waals surface area contributed by atoms with Crippen LogP contribution in [0.2, 0.25) is 0 Å². The van der Waals surface area contributed by atoms with Crippen molar-refractivity contribution in [3.63, 3.8) is 0 Å². The van der Waals surface area contributed by atoms with E-state index in [4.69, 9.17) is 4.74 Å². The summed E-state index contributed by atoms with van der Waals surface area (Å²) in [5.74, 6) is 0. The van der Waals surface area contributed by atoms with Gasteiger partial charge in [-0.15, -0.1) is 0 Å². The summed E-state index contributed by atoms with van der Waals surface area (Å²) in [5, 5.41) is 10.6. The second kappa shape index (κ2) is 5.26. The lowest BCUT2D eigenvalue weighted by molar-refractivity contribution is 0.0342. The molecule has 15 heavy (non-hydrogen) atoms. The van der Waals surface area contributed by atoms with Crippen molar-refractivity contribution in [2.45, 2.75) is 13.2 Å². The highest BCUT2D eigenvalue weighted by Gasteiger charge is 2.10. The molecule has 1 aromatic rings. The highest BCUT2D eigenvalue weighted by Crippen LogP contribution is 2.09. The van der Waals surface area contributed by atoms with Crippen molar-refractivity contribution in [3.8, 4) is 0 Å². The van der Waals surface area contributed by atoms with Crippen LogP contribution in [0.5, 0.6) is 0 Å². The van der Waals surface area contributed by atoms with Gasteiger partial charge in [0.15, 0.2) is 0 Å². The average Bonchev–Trinajstić information content (AvgIpc) is 2.31. The monoisotopic (exact) mass is 206 g/mol. The number of morpholine rings is 1. The maximum atomic E-state index is 10.6. The lowest BCUT2D eigenvalue weighted by atomic mass is 10.1. The maximum absolute atomic E-state index is 10.6. The molecule has 1 aliphatic rings. The van der Waals surface area contributed by atoms with E-state index in [2.05, 4.69) is 4.90 Å². The van der Waals surface area contributed by atoms with Crippen molar-refractivity contribution >= 4 is 0 Å². The average molecular weight is 206 g/mol. The van der Waals surface area contributed by atoms with Crippen LogP contribution in [0, 0.1) is 0 Å². The van der Waals surface area contributed by atoms with E-state index in [1.54, 1.807) is 0 Å². The second-order valence-corrected chi connectivity index (χ2v) is 3.85. The Balaban J connectivity index is 1.91. The number of rotatable bonds is 3. The van der Waals surface area contributed by atoms with Crippen molar-refractivity contribution in [1.29, 1.82) is 0 Å². The predicted molar refractivity (Wildman–Crippen MR) is 56.9 cm³/mol. The zero-order chi connectivity index (χ0) is 10.5. The summed E-state index contributed by atoms with van der Waals surface area (Å²) in [7, 11) is 0. The van der Waals surface area contributed by atoms with Gasteiger partial charge in [0.2, 0.25) is 0 Å². The third-order valence-corrected chi connectivity index (χ3v) is 2.70. The summed E-state index contributed by atoms with van der Waals surface area (Å²) in [6.07, 6.45) is 0. The van der Waals surface area contributed by atoms with Crippen molar-refractivity contribution < 1.29 is 9.84 Å². The van der Waals surface area contributed by atoms with E-state index in [1.165, 1.54) is 5.56 Å². The molecule has 0 amide bonds. The number of hydrogen-bond acceptors (Lipinski definition) is 2. The van der Waals surface area contributed by atoms with Crippen LogP contribution in [0.1, 0.15) is 11.1 Å². The molecular formula is C12H16NO2. The van der Waals surface area contributed by atoms with Crippen LogP contribution >= 0.6 is 0 Å². The minimum Gasteiger partial charge on any atom is -0.379 e. The highest BCUT2D eigenvalue weighted by molar-refractivity contribution is 5.21. The SMILES string of the molecule is [O]Cc1ccc(CN2CCOCC2)cc1. The largest absolute Gasteiger partial charge is 0.379 e. The van der Waals surface area contributed by atoms with Gasteiger partial charge in [-0.1, -0.05) is 24.3 Å². The van der Waals surface area contributed by atoms with Crippen LogP contribution in [0.25, 0.3) is 0 Å². The summed E-state index contributed by atoms with van der Waals surface area (Å²) in [6, 6.07) is 7.93. The molecule has 0 spiro atoms. The summed E-state index contributed by atoms with van der Waals surface area (Å²) >= 11 is 0. The summed E-state index contributed by atoms with van der Waals surface area (Å²) in [6.45, 7) is 4.50. The van der Waals surface area contributed by atoms with Crippen LogP contribution in [0.3, 0.4) is 0 Å². The molecule has 1 aromatic carbocycles. The minimum atomic E-state index is -0.127. The lowest BCUT2D eigenvalue weighted by Crippen LogP contribution is -2.35. The Kier molecular flexibility index (Phi) is 3.72. The fourth-order valence-electron chi connectivity index (χ4n) is 1.76. The van der Waals surface area contributed by atoms with Gasteiger partial charge in [-0.3, -0.25) is 4.90 Å². The quantitative estimate of drug-likeness (QED) is 0.749. The fourth-order valence-corrected chi connectivity index (χ4v) is 1.76. The van der Waals surface area contributed by atoms with Gasteiger partial charge in [0, 0.05) is 19.6 Å². The first-order chi connectivity index (χ1) is 7.38. The smallest absolute Gasteiger partial charge is 0.107 e. The van der Waals surface area contributed by atoms with Crippen LogP contribution in [-0.2, 0) is 23.0 Å². The van der Waals surface area contributed by atoms with Gasteiger partial charge in [0.1, 0.15) is 6.61 Å². The molecule has 0 aromatic heterocycles. The van der Waals surface area contributed by atoms with E-state index in [-0.39, 0.29) is 6.61 Å². The van der Waals surface area contributed by atoms with Gasteiger partial charge >= 0.3 is 0 Å². The molecule has 3 nitrogen and oxygen atoms in total. The van der Waals surface area contributed by atoms with Crippen molar-refractivity contribution in [1.82, 2.24) is 4.90 Å². The summed E-state index contributed by atoms with van der Waals surface area (Å²) in [5.41, 5.74) is 2.13. The van der Waals surface area contributed by atoms with Crippen molar-refractivity contribution in [2.24, 2.45) is 0 Å². The molecule has 81 valence electrons. The van der Waals surface area contributed by atoms with Crippen LogP contribution in [0.4, 0.5) is 0 Å². The Morgan fingerprint density at radius 1 is 1.07 bits per heavy atom. The predicted octanol–water partition coefficient (Wildman–Crippen LogP) is 1.45. The summed E-state index contributed by atoms with van der Waals surface area (Å²) < 4.78 is 5.29. The van der Waals surface area contributed by atoms with E-state index in [0.29, 0.717) is 0 Å². The zero-order valence-electron chi connectivity index (χ0n) is 8.82. The first-order valence-electron chi connectivity index (χ1n) is 5.34. The van der Waals surface area contributed by atoms with E-state index >= 15 is 0 Å². The molecule has 0 aliphatic carbocycles. The van der Waals surface area contributed by atoms with Gasteiger partial charge in [-0.25, -0.2) is 5.11 Å².